The van der Waals surface area contributed by atoms with Crippen LogP contribution in [-0.4, -0.2) is 36.4 Å². The number of hydrogen-bond acceptors (Lipinski definition) is 3. The number of carboxylic acid groups (broad SMARTS) is 1. The Balaban J connectivity index is 3.39. The Morgan fingerprint density at radius 2 is 2.05 bits per heavy atom. The zero-order valence-corrected chi connectivity index (χ0v) is 13.5. The third-order valence-electron chi connectivity index (χ3n) is 2.35. The largest absolute Gasteiger partial charge is 0.480 e. The predicted molar refractivity (Wildman–Crippen MR) is 75.8 cm³/mol. The van der Waals surface area contributed by atoms with E-state index < -0.39 is 28.6 Å². The van der Waals surface area contributed by atoms with Crippen LogP contribution in [0.2, 0.25) is 5.02 Å². The van der Waals surface area contributed by atoms with Crippen LogP contribution >= 0.6 is 27.5 Å². The van der Waals surface area contributed by atoms with Crippen molar-refractivity contribution in [2.45, 2.75) is 24.8 Å². The average Bonchev–Trinajstić information content (AvgIpc) is 2.24. The Kier molecular flexibility index (Phi) is 5.37. The number of benzene rings is 1. The highest BCUT2D eigenvalue weighted by atomic mass is 79.9. The summed E-state index contributed by atoms with van der Waals surface area (Å²) < 4.78 is 26.2. The van der Waals surface area contributed by atoms with Crippen molar-refractivity contribution in [3.05, 3.63) is 27.7 Å². The maximum absolute atomic E-state index is 12.5. The van der Waals surface area contributed by atoms with Crippen molar-refractivity contribution < 1.29 is 18.3 Å². The Bertz CT molecular complexity index is 568. The van der Waals surface area contributed by atoms with Gasteiger partial charge in [-0.15, -0.1) is 0 Å². The van der Waals surface area contributed by atoms with Crippen molar-refractivity contribution in [2.24, 2.45) is 0 Å². The predicted octanol–water partition coefficient (Wildman–Crippen LogP) is 2.59. The van der Waals surface area contributed by atoms with E-state index in [4.69, 9.17) is 16.7 Å². The minimum Gasteiger partial charge on any atom is -0.480 e. The third-order valence-corrected chi connectivity index (χ3v) is 5.83. The lowest BCUT2D eigenvalue weighted by Gasteiger charge is -2.25. The average molecular weight is 371 g/mol. The fraction of sp³-hybridized carbons (Fsp3) is 0.364. The molecule has 0 aliphatic carbocycles. The normalized spacial score (nSPS) is 12.1. The molecule has 0 amide bonds. The Morgan fingerprint density at radius 3 is 2.47 bits per heavy atom. The second-order valence-electron chi connectivity index (χ2n) is 4.09. The molecule has 0 unspecified atom stereocenters. The zero-order chi connectivity index (χ0) is 14.8. The topological polar surface area (TPSA) is 74.7 Å². The van der Waals surface area contributed by atoms with E-state index in [1.165, 1.54) is 12.1 Å². The van der Waals surface area contributed by atoms with Gasteiger partial charge in [0.1, 0.15) is 11.4 Å². The first-order valence-electron chi connectivity index (χ1n) is 5.35. The van der Waals surface area contributed by atoms with Gasteiger partial charge in [0.05, 0.1) is 5.02 Å². The Morgan fingerprint density at radius 1 is 1.47 bits per heavy atom. The van der Waals surface area contributed by atoms with Crippen molar-refractivity contribution in [1.82, 2.24) is 4.31 Å². The number of nitrogens with zero attached hydrogens (tertiary/aromatic N) is 1. The van der Waals surface area contributed by atoms with E-state index in [1.807, 2.05) is 0 Å². The molecule has 0 saturated carbocycles. The van der Waals surface area contributed by atoms with Crippen molar-refractivity contribution >= 4 is 43.5 Å². The number of rotatable bonds is 5. The van der Waals surface area contributed by atoms with Gasteiger partial charge < -0.3 is 5.11 Å². The maximum Gasteiger partial charge on any atom is 0.318 e. The van der Waals surface area contributed by atoms with Crippen LogP contribution in [-0.2, 0) is 14.8 Å². The highest BCUT2D eigenvalue weighted by Crippen LogP contribution is 2.32. The quantitative estimate of drug-likeness (QED) is 0.864. The van der Waals surface area contributed by atoms with Crippen LogP contribution in [0.3, 0.4) is 0 Å². The summed E-state index contributed by atoms with van der Waals surface area (Å²) in [6.07, 6.45) is 0. The second kappa shape index (κ2) is 6.21. The lowest BCUT2D eigenvalue weighted by Crippen LogP contribution is -2.40. The van der Waals surface area contributed by atoms with Crippen LogP contribution < -0.4 is 0 Å². The number of carbonyl (C=O) groups is 1. The SMILES string of the molecule is CC(C)N(CC(=O)O)S(=O)(=O)c1c(Cl)cccc1Br. The van der Waals surface area contributed by atoms with Gasteiger partial charge in [0, 0.05) is 10.5 Å². The molecule has 1 aromatic carbocycles. The molecule has 19 heavy (non-hydrogen) atoms. The molecule has 0 spiro atoms. The lowest BCUT2D eigenvalue weighted by molar-refractivity contribution is -0.137. The maximum atomic E-state index is 12.5. The number of aliphatic carboxylic acids is 1. The highest BCUT2D eigenvalue weighted by Gasteiger charge is 2.32. The van der Waals surface area contributed by atoms with Gasteiger partial charge in [-0.3, -0.25) is 4.79 Å². The first-order chi connectivity index (χ1) is 8.67. The van der Waals surface area contributed by atoms with Crippen LogP contribution in [0.4, 0.5) is 0 Å². The van der Waals surface area contributed by atoms with Gasteiger partial charge in [-0.1, -0.05) is 17.7 Å². The molecule has 0 atom stereocenters. The first kappa shape index (κ1) is 16.4. The number of sulfonamides is 1. The summed E-state index contributed by atoms with van der Waals surface area (Å²) in [5.74, 6) is -1.22. The third kappa shape index (κ3) is 3.68. The van der Waals surface area contributed by atoms with Gasteiger partial charge >= 0.3 is 5.97 Å². The van der Waals surface area contributed by atoms with E-state index >= 15 is 0 Å². The molecule has 0 aliphatic rings. The van der Waals surface area contributed by atoms with Gasteiger partial charge in [0.15, 0.2) is 0 Å². The standard InChI is InChI=1S/C11H13BrClNO4S/c1-7(2)14(6-10(15)16)19(17,18)11-8(12)4-3-5-9(11)13/h3-5,7H,6H2,1-2H3,(H,15,16). The zero-order valence-electron chi connectivity index (χ0n) is 10.3. The molecule has 0 aromatic heterocycles. The highest BCUT2D eigenvalue weighted by molar-refractivity contribution is 9.10. The van der Waals surface area contributed by atoms with Crippen molar-refractivity contribution in [2.75, 3.05) is 6.54 Å². The molecule has 0 aliphatic heterocycles. The fourth-order valence-corrected chi connectivity index (χ4v) is 4.78. The Hall–Kier alpha value is -0.630. The van der Waals surface area contributed by atoms with E-state index in [1.54, 1.807) is 19.9 Å². The van der Waals surface area contributed by atoms with Crippen molar-refractivity contribution in [1.29, 1.82) is 0 Å². The van der Waals surface area contributed by atoms with E-state index in [9.17, 15) is 13.2 Å². The number of hydrogen-bond donors (Lipinski definition) is 1. The monoisotopic (exact) mass is 369 g/mol. The Labute approximate surface area is 125 Å². The van der Waals surface area contributed by atoms with Gasteiger partial charge in [0.2, 0.25) is 10.0 Å². The molecule has 106 valence electrons. The smallest absolute Gasteiger partial charge is 0.318 e. The number of carboxylic acids is 1. The van der Waals surface area contributed by atoms with E-state index in [0.29, 0.717) is 4.47 Å². The summed E-state index contributed by atoms with van der Waals surface area (Å²) in [7, 11) is -3.98. The van der Waals surface area contributed by atoms with Crippen LogP contribution in [0, 0.1) is 0 Å². The van der Waals surface area contributed by atoms with Crippen LogP contribution in [0.5, 0.6) is 0 Å². The molecule has 0 fully saturated rings. The molecular weight excluding hydrogens is 358 g/mol. The van der Waals surface area contributed by atoms with Gasteiger partial charge in [-0.2, -0.15) is 4.31 Å². The lowest BCUT2D eigenvalue weighted by atomic mass is 10.4. The van der Waals surface area contributed by atoms with E-state index in [-0.39, 0.29) is 9.92 Å². The summed E-state index contributed by atoms with van der Waals surface area (Å²) in [5.41, 5.74) is 0. The number of halogens is 2. The molecule has 1 N–H and O–H groups in total. The minimum absolute atomic E-state index is 0.0467. The minimum atomic E-state index is -3.98. The summed E-state index contributed by atoms with van der Waals surface area (Å²) >= 11 is 9.04. The van der Waals surface area contributed by atoms with E-state index in [2.05, 4.69) is 15.9 Å². The molecule has 5 nitrogen and oxygen atoms in total. The molecule has 1 rings (SSSR count). The van der Waals surface area contributed by atoms with Gasteiger partial charge in [-0.25, -0.2) is 8.42 Å². The van der Waals surface area contributed by atoms with Crippen LogP contribution in [0.25, 0.3) is 0 Å². The molecule has 8 heteroatoms. The summed E-state index contributed by atoms with van der Waals surface area (Å²) in [6, 6.07) is 4.09. The van der Waals surface area contributed by atoms with Gasteiger partial charge in [-0.05, 0) is 41.9 Å². The summed E-state index contributed by atoms with van der Waals surface area (Å²) in [4.78, 5) is 10.7. The molecule has 1 aromatic rings. The molecule has 0 radical (unpaired) electrons. The summed E-state index contributed by atoms with van der Waals surface area (Å²) in [5, 5.41) is 8.88. The van der Waals surface area contributed by atoms with Crippen molar-refractivity contribution in [3.8, 4) is 0 Å². The van der Waals surface area contributed by atoms with E-state index in [0.717, 1.165) is 4.31 Å². The first-order valence-corrected chi connectivity index (χ1v) is 7.96. The van der Waals surface area contributed by atoms with Crippen LogP contribution in [0.15, 0.2) is 27.6 Å². The fourth-order valence-electron chi connectivity index (χ4n) is 1.52. The summed E-state index contributed by atoms with van der Waals surface area (Å²) in [6.45, 7) is 2.59. The van der Waals surface area contributed by atoms with Crippen molar-refractivity contribution in [3.63, 3.8) is 0 Å². The van der Waals surface area contributed by atoms with Crippen LogP contribution in [0.1, 0.15) is 13.8 Å². The second-order valence-corrected chi connectivity index (χ2v) is 7.18. The molecular formula is C11H13BrClNO4S. The van der Waals surface area contributed by atoms with Gasteiger partial charge in [0.25, 0.3) is 0 Å². The molecule has 0 bridgehead atoms. The molecule has 0 heterocycles. The molecule has 0 saturated heterocycles.